The van der Waals surface area contributed by atoms with E-state index < -0.39 is 0 Å². The van der Waals surface area contributed by atoms with E-state index in [-0.39, 0.29) is 17.5 Å². The maximum Gasteiger partial charge on any atom is 0.230 e. The molecule has 2 aromatic heterocycles. The maximum atomic E-state index is 13.2. The Hall–Kier alpha value is -2.68. The molecule has 0 aliphatic rings. The lowest BCUT2D eigenvalue weighted by atomic mass is 10.1. The molecule has 3 rings (SSSR count). The van der Waals surface area contributed by atoms with Crippen molar-refractivity contribution in [3.05, 3.63) is 59.3 Å². The van der Waals surface area contributed by atoms with Crippen LogP contribution in [0.4, 0.5) is 4.39 Å². The molecule has 0 radical (unpaired) electrons. The van der Waals surface area contributed by atoms with E-state index >= 15 is 0 Å². The van der Waals surface area contributed by atoms with E-state index in [1.54, 1.807) is 36.1 Å². The van der Waals surface area contributed by atoms with Crippen molar-refractivity contribution in [2.24, 2.45) is 0 Å². The quantitative estimate of drug-likeness (QED) is 0.649. The van der Waals surface area contributed by atoms with Gasteiger partial charge in [0.1, 0.15) is 18.1 Å². The Bertz CT molecular complexity index is 850. The van der Waals surface area contributed by atoms with E-state index in [1.807, 2.05) is 6.07 Å². The Morgan fingerprint density at radius 2 is 2.28 bits per heavy atom. The first kappa shape index (κ1) is 17.2. The lowest BCUT2D eigenvalue weighted by Crippen LogP contribution is -2.24. The van der Waals surface area contributed by atoms with E-state index in [4.69, 9.17) is 4.42 Å². The van der Waals surface area contributed by atoms with E-state index in [0.29, 0.717) is 23.8 Å². The monoisotopic (exact) mass is 361 g/mol. The summed E-state index contributed by atoms with van der Waals surface area (Å²) in [6, 6.07) is 8.38. The third-order valence-electron chi connectivity index (χ3n) is 3.43. The minimum absolute atomic E-state index is 0.153. The van der Waals surface area contributed by atoms with Crippen LogP contribution in [0, 0.1) is 12.7 Å². The molecule has 0 saturated carbocycles. The lowest BCUT2D eigenvalue weighted by molar-refractivity contribution is -0.118. The van der Waals surface area contributed by atoms with Gasteiger partial charge in [-0.05, 0) is 46.7 Å². The first-order chi connectivity index (χ1) is 12.1. The molecule has 0 saturated heterocycles. The van der Waals surface area contributed by atoms with Crippen molar-refractivity contribution in [1.29, 1.82) is 0 Å². The molecule has 0 atom stereocenters. The molecule has 0 aliphatic carbocycles. The topological polar surface area (TPSA) is 85.8 Å². The number of thioether (sulfide) groups is 1. The molecule has 25 heavy (non-hydrogen) atoms. The Balaban J connectivity index is 1.49. The summed E-state index contributed by atoms with van der Waals surface area (Å²) in [5, 5.41) is 14.7. The van der Waals surface area contributed by atoms with E-state index in [0.717, 1.165) is 11.3 Å². The Morgan fingerprint density at radius 3 is 3.04 bits per heavy atom. The Labute approximate surface area is 147 Å². The van der Waals surface area contributed by atoms with Crippen LogP contribution in [0.2, 0.25) is 0 Å². The normalized spacial score (nSPS) is 10.8. The number of hydrogen-bond donors (Lipinski definition) is 1. The fourth-order valence-electron chi connectivity index (χ4n) is 2.15. The summed E-state index contributed by atoms with van der Waals surface area (Å²) in [5.74, 6) is 0.498. The SMILES string of the molecule is Cc1cc(CNC(=O)CSc2nnnn2Cc2ccco2)ccc1F. The van der Waals surface area contributed by atoms with Crippen LogP contribution in [0.3, 0.4) is 0 Å². The number of benzene rings is 1. The second kappa shape index (κ2) is 7.93. The molecule has 1 amide bonds. The van der Waals surface area contributed by atoms with Crippen molar-refractivity contribution in [1.82, 2.24) is 25.5 Å². The number of tetrazole rings is 1. The molecule has 0 unspecified atom stereocenters. The molecule has 2 heterocycles. The highest BCUT2D eigenvalue weighted by atomic mass is 32.2. The molecule has 0 spiro atoms. The zero-order valence-corrected chi connectivity index (χ0v) is 14.3. The summed E-state index contributed by atoms with van der Waals surface area (Å²) in [5.41, 5.74) is 1.40. The molecular formula is C16H16FN5O2S. The van der Waals surface area contributed by atoms with Gasteiger partial charge in [0, 0.05) is 6.54 Å². The largest absolute Gasteiger partial charge is 0.467 e. The number of amides is 1. The number of halogens is 1. The number of aromatic nitrogens is 4. The van der Waals surface area contributed by atoms with Crippen molar-refractivity contribution >= 4 is 17.7 Å². The summed E-state index contributed by atoms with van der Waals surface area (Å²) in [7, 11) is 0. The van der Waals surface area contributed by atoms with Crippen LogP contribution in [-0.4, -0.2) is 31.9 Å². The van der Waals surface area contributed by atoms with Gasteiger partial charge in [-0.15, -0.1) is 5.10 Å². The van der Waals surface area contributed by atoms with Crippen LogP contribution in [0.15, 0.2) is 46.2 Å². The number of nitrogens with zero attached hydrogens (tertiary/aromatic N) is 4. The van der Waals surface area contributed by atoms with E-state index in [9.17, 15) is 9.18 Å². The summed E-state index contributed by atoms with van der Waals surface area (Å²) >= 11 is 1.24. The molecule has 130 valence electrons. The van der Waals surface area contributed by atoms with Gasteiger partial charge in [-0.1, -0.05) is 23.9 Å². The van der Waals surface area contributed by atoms with Crippen LogP contribution in [0.1, 0.15) is 16.9 Å². The van der Waals surface area contributed by atoms with Crippen molar-refractivity contribution in [2.45, 2.75) is 25.2 Å². The standard InChI is InChI=1S/C16H16FN5O2S/c1-11-7-12(4-5-14(11)17)8-18-15(23)10-25-16-19-20-21-22(16)9-13-3-2-6-24-13/h2-7H,8-10H2,1H3,(H,18,23). The number of aryl methyl sites for hydroxylation is 1. The minimum Gasteiger partial charge on any atom is -0.467 e. The molecule has 0 aliphatic heterocycles. The number of carbonyl (C=O) groups is 1. The van der Waals surface area contributed by atoms with Gasteiger partial charge in [0.2, 0.25) is 11.1 Å². The number of carbonyl (C=O) groups excluding carboxylic acids is 1. The van der Waals surface area contributed by atoms with Crippen molar-refractivity contribution in [3.63, 3.8) is 0 Å². The van der Waals surface area contributed by atoms with Gasteiger partial charge in [0.05, 0.1) is 12.0 Å². The molecule has 1 aromatic carbocycles. The predicted octanol–water partition coefficient (Wildman–Crippen LogP) is 2.17. The highest BCUT2D eigenvalue weighted by Crippen LogP contribution is 2.15. The zero-order chi connectivity index (χ0) is 17.6. The molecule has 0 fully saturated rings. The minimum atomic E-state index is -0.256. The van der Waals surface area contributed by atoms with Crippen LogP contribution in [0.5, 0.6) is 0 Å². The highest BCUT2D eigenvalue weighted by Gasteiger charge is 2.11. The smallest absolute Gasteiger partial charge is 0.230 e. The fourth-order valence-corrected chi connectivity index (χ4v) is 2.85. The lowest BCUT2D eigenvalue weighted by Gasteiger charge is -2.06. The summed E-state index contributed by atoms with van der Waals surface area (Å²) < 4.78 is 20.1. The molecular weight excluding hydrogens is 345 g/mol. The van der Waals surface area contributed by atoms with Gasteiger partial charge >= 0.3 is 0 Å². The van der Waals surface area contributed by atoms with E-state index in [1.165, 1.54) is 17.8 Å². The Morgan fingerprint density at radius 1 is 1.40 bits per heavy atom. The van der Waals surface area contributed by atoms with Crippen molar-refractivity contribution in [2.75, 3.05) is 5.75 Å². The van der Waals surface area contributed by atoms with Gasteiger partial charge < -0.3 is 9.73 Å². The van der Waals surface area contributed by atoms with Gasteiger partial charge in [-0.3, -0.25) is 4.79 Å². The third kappa shape index (κ3) is 4.66. The van der Waals surface area contributed by atoms with Crippen LogP contribution in [0.25, 0.3) is 0 Å². The average molecular weight is 361 g/mol. The summed E-state index contributed by atoms with van der Waals surface area (Å²) in [6.45, 7) is 2.44. The third-order valence-corrected chi connectivity index (χ3v) is 4.39. The molecule has 9 heteroatoms. The van der Waals surface area contributed by atoms with Crippen molar-refractivity contribution < 1.29 is 13.6 Å². The Kier molecular flexibility index (Phi) is 5.44. The highest BCUT2D eigenvalue weighted by molar-refractivity contribution is 7.99. The average Bonchev–Trinajstić information content (AvgIpc) is 3.26. The maximum absolute atomic E-state index is 13.2. The molecule has 0 bridgehead atoms. The van der Waals surface area contributed by atoms with Gasteiger partial charge in [-0.25, -0.2) is 9.07 Å². The summed E-state index contributed by atoms with van der Waals surface area (Å²) in [4.78, 5) is 12.0. The van der Waals surface area contributed by atoms with Crippen LogP contribution in [-0.2, 0) is 17.9 Å². The van der Waals surface area contributed by atoms with Crippen LogP contribution < -0.4 is 5.32 Å². The van der Waals surface area contributed by atoms with Gasteiger partial charge in [-0.2, -0.15) is 0 Å². The second-order valence-electron chi connectivity index (χ2n) is 5.35. The first-order valence-electron chi connectivity index (χ1n) is 7.55. The number of hydrogen-bond acceptors (Lipinski definition) is 6. The molecule has 7 nitrogen and oxygen atoms in total. The van der Waals surface area contributed by atoms with Crippen LogP contribution >= 0.6 is 11.8 Å². The first-order valence-corrected chi connectivity index (χ1v) is 8.53. The number of rotatable bonds is 7. The summed E-state index contributed by atoms with van der Waals surface area (Å²) in [6.07, 6.45) is 1.58. The fraction of sp³-hybridized carbons (Fsp3) is 0.250. The zero-order valence-electron chi connectivity index (χ0n) is 13.5. The van der Waals surface area contributed by atoms with Gasteiger partial charge in [0.15, 0.2) is 0 Å². The molecule has 3 aromatic rings. The second-order valence-corrected chi connectivity index (χ2v) is 6.29. The van der Waals surface area contributed by atoms with Crippen molar-refractivity contribution in [3.8, 4) is 0 Å². The number of nitrogens with one attached hydrogen (secondary N) is 1. The predicted molar refractivity (Wildman–Crippen MR) is 89.3 cm³/mol. The van der Waals surface area contributed by atoms with E-state index in [2.05, 4.69) is 20.8 Å². The molecule has 1 N–H and O–H groups in total. The van der Waals surface area contributed by atoms with Gasteiger partial charge in [0.25, 0.3) is 0 Å². The number of furan rings is 1.